The Morgan fingerprint density at radius 3 is 2.48 bits per heavy atom. The fourth-order valence-corrected chi connectivity index (χ4v) is 3.78. The standard InChI is InChI=1S/C20H21ClN4OS/c1-14(19(26)24(2)13-15-7-5-4-6-8-15)27-20-23-22-18(25(20)3)16-9-11-17(21)12-10-16/h4-12,14H,13H2,1-3H3. The van der Waals surface area contributed by atoms with E-state index in [0.29, 0.717) is 16.7 Å². The molecule has 3 rings (SSSR count). The highest BCUT2D eigenvalue weighted by molar-refractivity contribution is 8.00. The van der Waals surface area contributed by atoms with Crippen LogP contribution in [-0.4, -0.2) is 37.9 Å². The Labute approximate surface area is 168 Å². The van der Waals surface area contributed by atoms with Gasteiger partial charge in [-0.25, -0.2) is 0 Å². The predicted molar refractivity (Wildman–Crippen MR) is 110 cm³/mol. The van der Waals surface area contributed by atoms with E-state index in [2.05, 4.69) is 10.2 Å². The molecule has 3 aromatic rings. The lowest BCUT2D eigenvalue weighted by atomic mass is 10.2. The summed E-state index contributed by atoms with van der Waals surface area (Å²) in [6.07, 6.45) is 0. The normalized spacial score (nSPS) is 12.0. The van der Waals surface area contributed by atoms with Gasteiger partial charge >= 0.3 is 0 Å². The number of thioether (sulfide) groups is 1. The Morgan fingerprint density at radius 2 is 1.81 bits per heavy atom. The Bertz CT molecular complexity index is 911. The third-order valence-corrected chi connectivity index (χ3v) is 5.58. The molecule has 0 fully saturated rings. The molecular weight excluding hydrogens is 380 g/mol. The highest BCUT2D eigenvalue weighted by atomic mass is 35.5. The van der Waals surface area contributed by atoms with Crippen LogP contribution in [0.3, 0.4) is 0 Å². The van der Waals surface area contributed by atoms with E-state index >= 15 is 0 Å². The van der Waals surface area contributed by atoms with Gasteiger partial charge in [0.15, 0.2) is 11.0 Å². The van der Waals surface area contributed by atoms with Crippen LogP contribution in [0.15, 0.2) is 59.8 Å². The summed E-state index contributed by atoms with van der Waals surface area (Å²) in [5, 5.41) is 9.63. The molecule has 140 valence electrons. The predicted octanol–water partition coefficient (Wildman–Crippen LogP) is 4.27. The minimum atomic E-state index is -0.264. The van der Waals surface area contributed by atoms with Crippen molar-refractivity contribution >= 4 is 29.3 Å². The zero-order chi connectivity index (χ0) is 19.4. The van der Waals surface area contributed by atoms with Crippen molar-refractivity contribution in [1.82, 2.24) is 19.7 Å². The van der Waals surface area contributed by atoms with Crippen molar-refractivity contribution in [1.29, 1.82) is 0 Å². The van der Waals surface area contributed by atoms with Crippen LogP contribution in [0.4, 0.5) is 0 Å². The second-order valence-electron chi connectivity index (χ2n) is 6.31. The fraction of sp³-hybridized carbons (Fsp3) is 0.250. The Kier molecular flexibility index (Phi) is 6.19. The number of halogens is 1. The molecule has 5 nitrogen and oxygen atoms in total. The van der Waals surface area contributed by atoms with Crippen LogP contribution in [0.5, 0.6) is 0 Å². The van der Waals surface area contributed by atoms with Gasteiger partial charge in [0.05, 0.1) is 5.25 Å². The van der Waals surface area contributed by atoms with Gasteiger partial charge in [0.2, 0.25) is 5.91 Å². The fourth-order valence-electron chi connectivity index (χ4n) is 2.72. The van der Waals surface area contributed by atoms with Gasteiger partial charge in [0.25, 0.3) is 0 Å². The average Bonchev–Trinajstić information content (AvgIpc) is 3.03. The second-order valence-corrected chi connectivity index (χ2v) is 8.06. The van der Waals surface area contributed by atoms with Gasteiger partial charge in [-0.2, -0.15) is 0 Å². The maximum absolute atomic E-state index is 12.7. The highest BCUT2D eigenvalue weighted by Crippen LogP contribution is 2.27. The van der Waals surface area contributed by atoms with Crippen LogP contribution in [0, 0.1) is 0 Å². The summed E-state index contributed by atoms with van der Waals surface area (Å²) in [7, 11) is 3.72. The number of amides is 1. The number of carbonyl (C=O) groups is 1. The average molecular weight is 401 g/mol. The summed E-state index contributed by atoms with van der Waals surface area (Å²) in [4.78, 5) is 14.4. The molecular formula is C20H21ClN4OS. The zero-order valence-electron chi connectivity index (χ0n) is 15.5. The first kappa shape index (κ1) is 19.5. The number of carbonyl (C=O) groups excluding carboxylic acids is 1. The number of nitrogens with zero attached hydrogens (tertiary/aromatic N) is 4. The molecule has 0 bridgehead atoms. The summed E-state index contributed by atoms with van der Waals surface area (Å²) < 4.78 is 1.90. The molecule has 1 amide bonds. The first-order chi connectivity index (χ1) is 13.0. The van der Waals surface area contributed by atoms with E-state index in [0.717, 1.165) is 17.0 Å². The van der Waals surface area contributed by atoms with Crippen molar-refractivity contribution in [3.05, 3.63) is 65.2 Å². The second kappa shape index (κ2) is 8.59. The topological polar surface area (TPSA) is 51.0 Å². The monoisotopic (exact) mass is 400 g/mol. The molecule has 0 saturated carbocycles. The summed E-state index contributed by atoms with van der Waals surface area (Å²) >= 11 is 7.35. The molecule has 1 unspecified atom stereocenters. The van der Waals surface area contributed by atoms with Gasteiger partial charge in [-0.1, -0.05) is 53.7 Å². The SMILES string of the molecule is CC(Sc1nnc(-c2ccc(Cl)cc2)n1C)C(=O)N(C)Cc1ccccc1. The molecule has 0 saturated heterocycles. The van der Waals surface area contributed by atoms with Gasteiger partial charge in [0, 0.05) is 31.2 Å². The summed E-state index contributed by atoms with van der Waals surface area (Å²) in [5.41, 5.74) is 2.04. The van der Waals surface area contributed by atoms with Crippen molar-refractivity contribution in [2.75, 3.05) is 7.05 Å². The maximum atomic E-state index is 12.7. The van der Waals surface area contributed by atoms with E-state index in [4.69, 9.17) is 11.6 Å². The molecule has 0 aliphatic rings. The highest BCUT2D eigenvalue weighted by Gasteiger charge is 2.22. The quantitative estimate of drug-likeness (QED) is 0.579. The van der Waals surface area contributed by atoms with E-state index in [-0.39, 0.29) is 11.2 Å². The van der Waals surface area contributed by atoms with Crippen molar-refractivity contribution in [2.45, 2.75) is 23.9 Å². The molecule has 0 radical (unpaired) electrons. The van der Waals surface area contributed by atoms with Crippen molar-refractivity contribution in [3.8, 4) is 11.4 Å². The third kappa shape index (κ3) is 4.70. The molecule has 1 heterocycles. The van der Waals surface area contributed by atoms with Crippen molar-refractivity contribution < 1.29 is 4.79 Å². The van der Waals surface area contributed by atoms with E-state index in [1.54, 1.807) is 4.90 Å². The molecule has 1 atom stereocenters. The third-order valence-electron chi connectivity index (χ3n) is 4.21. The van der Waals surface area contributed by atoms with Crippen LogP contribution >= 0.6 is 23.4 Å². The zero-order valence-corrected chi connectivity index (χ0v) is 17.0. The molecule has 2 aromatic carbocycles. The number of benzene rings is 2. The smallest absolute Gasteiger partial charge is 0.235 e. The number of hydrogen-bond donors (Lipinski definition) is 0. The molecule has 0 spiro atoms. The van der Waals surface area contributed by atoms with E-state index in [9.17, 15) is 4.79 Å². The summed E-state index contributed by atoms with van der Waals surface area (Å²) in [6, 6.07) is 17.4. The van der Waals surface area contributed by atoms with Crippen LogP contribution in [0.1, 0.15) is 12.5 Å². The van der Waals surface area contributed by atoms with Crippen LogP contribution in [0.2, 0.25) is 5.02 Å². The maximum Gasteiger partial charge on any atom is 0.235 e. The lowest BCUT2D eigenvalue weighted by Gasteiger charge is -2.21. The van der Waals surface area contributed by atoms with Gasteiger partial charge in [-0.05, 0) is 36.8 Å². The Balaban J connectivity index is 1.67. The minimum absolute atomic E-state index is 0.0555. The largest absolute Gasteiger partial charge is 0.340 e. The van der Waals surface area contributed by atoms with Gasteiger partial charge in [-0.15, -0.1) is 10.2 Å². The van der Waals surface area contributed by atoms with Crippen molar-refractivity contribution in [3.63, 3.8) is 0 Å². The first-order valence-corrected chi connectivity index (χ1v) is 9.82. The van der Waals surface area contributed by atoms with E-state index in [1.165, 1.54) is 11.8 Å². The lowest BCUT2D eigenvalue weighted by molar-refractivity contribution is -0.129. The molecule has 0 aliphatic heterocycles. The number of hydrogen-bond acceptors (Lipinski definition) is 4. The van der Waals surface area contributed by atoms with Gasteiger partial charge in [-0.3, -0.25) is 4.79 Å². The van der Waals surface area contributed by atoms with Gasteiger partial charge in [0.1, 0.15) is 0 Å². The van der Waals surface area contributed by atoms with E-state index < -0.39 is 0 Å². The molecule has 1 aromatic heterocycles. The summed E-state index contributed by atoms with van der Waals surface area (Å²) in [5.74, 6) is 0.798. The lowest BCUT2D eigenvalue weighted by Crippen LogP contribution is -2.32. The minimum Gasteiger partial charge on any atom is -0.340 e. The Morgan fingerprint density at radius 1 is 1.15 bits per heavy atom. The molecule has 0 N–H and O–H groups in total. The van der Waals surface area contributed by atoms with Crippen LogP contribution < -0.4 is 0 Å². The van der Waals surface area contributed by atoms with Crippen LogP contribution in [0.25, 0.3) is 11.4 Å². The summed E-state index contributed by atoms with van der Waals surface area (Å²) in [6.45, 7) is 2.48. The van der Waals surface area contributed by atoms with Gasteiger partial charge < -0.3 is 9.47 Å². The Hall–Kier alpha value is -2.31. The van der Waals surface area contributed by atoms with Crippen molar-refractivity contribution in [2.24, 2.45) is 7.05 Å². The number of aromatic nitrogens is 3. The number of rotatable bonds is 6. The van der Waals surface area contributed by atoms with Crippen LogP contribution in [-0.2, 0) is 18.4 Å². The first-order valence-electron chi connectivity index (χ1n) is 8.56. The molecule has 7 heteroatoms. The molecule has 27 heavy (non-hydrogen) atoms. The van der Waals surface area contributed by atoms with E-state index in [1.807, 2.05) is 80.2 Å². The molecule has 0 aliphatic carbocycles.